The Morgan fingerprint density at radius 3 is 2.18 bits per heavy atom. The fraction of sp³-hybridized carbons (Fsp3) is 0.533. The largest absolute Gasteiger partial charge is 0.370 e. The van der Waals surface area contributed by atoms with Gasteiger partial charge in [-0.25, -0.2) is 0 Å². The van der Waals surface area contributed by atoms with Crippen molar-refractivity contribution in [1.82, 2.24) is 0 Å². The molecular weight excluding hydrogens is 212 g/mol. The topological polar surface area (TPSA) is 26.3 Å². The van der Waals surface area contributed by atoms with Gasteiger partial charge >= 0.3 is 0 Å². The van der Waals surface area contributed by atoms with Crippen molar-refractivity contribution >= 4 is 5.78 Å². The number of carbonyl (C=O) groups excluding carboxylic acids is 1. The van der Waals surface area contributed by atoms with Gasteiger partial charge in [0.1, 0.15) is 5.60 Å². The average Bonchev–Trinajstić information content (AvgIpc) is 2.28. The Balaban J connectivity index is 2.20. The lowest BCUT2D eigenvalue weighted by atomic mass is 9.74. The van der Waals surface area contributed by atoms with Crippen LogP contribution < -0.4 is 0 Å². The summed E-state index contributed by atoms with van der Waals surface area (Å²) in [5.41, 5.74) is 1.51. The average molecular weight is 232 g/mol. The molecule has 0 spiro atoms. The molecule has 0 atom stereocenters. The Labute approximate surface area is 103 Å². The second kappa shape index (κ2) is 4.61. The van der Waals surface area contributed by atoms with Crippen molar-refractivity contribution < 1.29 is 9.53 Å². The second-order valence-electron chi connectivity index (χ2n) is 5.16. The maximum absolute atomic E-state index is 12.3. The van der Waals surface area contributed by atoms with Crippen LogP contribution in [-0.4, -0.2) is 18.5 Å². The lowest BCUT2D eigenvalue weighted by molar-refractivity contribution is -0.0448. The Morgan fingerprint density at radius 2 is 1.82 bits per heavy atom. The minimum absolute atomic E-state index is 0.140. The fourth-order valence-corrected chi connectivity index (χ4v) is 2.30. The van der Waals surface area contributed by atoms with Gasteiger partial charge < -0.3 is 4.74 Å². The van der Waals surface area contributed by atoms with Crippen molar-refractivity contribution in [3.05, 3.63) is 35.4 Å². The first-order valence-corrected chi connectivity index (χ1v) is 6.29. The van der Waals surface area contributed by atoms with Crippen LogP contribution in [0.4, 0.5) is 0 Å². The van der Waals surface area contributed by atoms with Crippen molar-refractivity contribution in [2.75, 3.05) is 7.11 Å². The molecule has 0 aliphatic heterocycles. The number of hydrogen-bond acceptors (Lipinski definition) is 2. The summed E-state index contributed by atoms with van der Waals surface area (Å²) < 4.78 is 5.42. The summed E-state index contributed by atoms with van der Waals surface area (Å²) in [4.78, 5) is 12.3. The van der Waals surface area contributed by atoms with Crippen LogP contribution in [0.3, 0.4) is 0 Å². The Bertz CT molecular complexity index is 394. The maximum atomic E-state index is 12.3. The van der Waals surface area contributed by atoms with Gasteiger partial charge in [-0.1, -0.05) is 38.1 Å². The third-order valence-electron chi connectivity index (χ3n) is 3.81. The van der Waals surface area contributed by atoms with Crippen molar-refractivity contribution in [2.45, 2.75) is 44.6 Å². The van der Waals surface area contributed by atoms with Gasteiger partial charge in [-0.05, 0) is 30.7 Å². The Morgan fingerprint density at radius 1 is 1.24 bits per heavy atom. The number of ketones is 1. The van der Waals surface area contributed by atoms with E-state index in [0.717, 1.165) is 24.8 Å². The van der Waals surface area contributed by atoms with E-state index >= 15 is 0 Å². The fourth-order valence-electron chi connectivity index (χ4n) is 2.30. The van der Waals surface area contributed by atoms with E-state index in [1.807, 2.05) is 24.3 Å². The van der Waals surface area contributed by atoms with Crippen LogP contribution in [0.2, 0.25) is 0 Å². The summed E-state index contributed by atoms with van der Waals surface area (Å²) in [6.45, 7) is 4.30. The highest BCUT2D eigenvalue weighted by Gasteiger charge is 2.44. The smallest absolute Gasteiger partial charge is 0.194 e. The first-order valence-electron chi connectivity index (χ1n) is 6.29. The molecular formula is C15H20O2. The predicted molar refractivity (Wildman–Crippen MR) is 68.5 cm³/mol. The molecule has 2 heteroatoms. The number of Topliss-reactive ketones (excluding diaryl/α,β-unsaturated/α-hetero) is 1. The molecule has 1 aromatic carbocycles. The third-order valence-corrected chi connectivity index (χ3v) is 3.81. The zero-order chi connectivity index (χ0) is 12.5. The number of rotatable bonds is 4. The molecule has 92 valence electrons. The zero-order valence-electron chi connectivity index (χ0n) is 10.8. The standard InChI is InChI=1S/C15H20O2/c1-11(2)12-5-7-13(8-6-12)14(16)15(17-3)9-4-10-15/h5-8,11H,4,9-10H2,1-3H3. The molecule has 1 aliphatic carbocycles. The zero-order valence-corrected chi connectivity index (χ0v) is 10.8. The highest BCUT2D eigenvalue weighted by molar-refractivity contribution is 6.03. The van der Waals surface area contributed by atoms with E-state index in [0.29, 0.717) is 5.92 Å². The first kappa shape index (κ1) is 12.3. The van der Waals surface area contributed by atoms with E-state index in [1.165, 1.54) is 5.56 Å². The summed E-state index contributed by atoms with van der Waals surface area (Å²) in [6.07, 6.45) is 2.80. The Kier molecular flexibility index (Phi) is 3.34. The normalized spacial score (nSPS) is 17.9. The van der Waals surface area contributed by atoms with Gasteiger partial charge in [0.2, 0.25) is 0 Å². The molecule has 1 saturated carbocycles. The highest BCUT2D eigenvalue weighted by Crippen LogP contribution is 2.38. The summed E-state index contributed by atoms with van der Waals surface area (Å²) >= 11 is 0. The molecule has 1 aliphatic rings. The third kappa shape index (κ3) is 2.14. The molecule has 0 saturated heterocycles. The second-order valence-corrected chi connectivity index (χ2v) is 5.16. The molecule has 1 aromatic rings. The van der Waals surface area contributed by atoms with Crippen LogP contribution in [0.1, 0.15) is 54.9 Å². The van der Waals surface area contributed by atoms with E-state index in [-0.39, 0.29) is 5.78 Å². The minimum atomic E-state index is -0.528. The van der Waals surface area contributed by atoms with Crippen LogP contribution in [0, 0.1) is 0 Å². The van der Waals surface area contributed by atoms with Crippen LogP contribution >= 0.6 is 0 Å². The van der Waals surface area contributed by atoms with E-state index in [9.17, 15) is 4.79 Å². The Hall–Kier alpha value is -1.15. The van der Waals surface area contributed by atoms with Gasteiger partial charge in [-0.2, -0.15) is 0 Å². The lowest BCUT2D eigenvalue weighted by Crippen LogP contribution is -2.47. The van der Waals surface area contributed by atoms with Crippen molar-refractivity contribution in [3.63, 3.8) is 0 Å². The molecule has 2 nitrogen and oxygen atoms in total. The van der Waals surface area contributed by atoms with Gasteiger partial charge in [0.25, 0.3) is 0 Å². The van der Waals surface area contributed by atoms with Crippen molar-refractivity contribution in [1.29, 1.82) is 0 Å². The molecule has 0 amide bonds. The number of carbonyl (C=O) groups is 1. The van der Waals surface area contributed by atoms with Gasteiger partial charge in [-0.15, -0.1) is 0 Å². The van der Waals surface area contributed by atoms with Crippen molar-refractivity contribution in [3.8, 4) is 0 Å². The number of benzene rings is 1. The van der Waals surface area contributed by atoms with E-state index in [2.05, 4.69) is 13.8 Å². The SMILES string of the molecule is COC1(C(=O)c2ccc(C(C)C)cc2)CCC1. The number of ether oxygens (including phenoxy) is 1. The van der Waals surface area contributed by atoms with Gasteiger partial charge in [0, 0.05) is 12.7 Å². The number of methoxy groups -OCH3 is 1. The summed E-state index contributed by atoms with van der Waals surface area (Å²) in [6, 6.07) is 7.94. The molecule has 2 rings (SSSR count). The van der Waals surface area contributed by atoms with Gasteiger partial charge in [0.15, 0.2) is 5.78 Å². The maximum Gasteiger partial charge on any atom is 0.194 e. The van der Waals surface area contributed by atoms with Crippen LogP contribution in [-0.2, 0) is 4.74 Å². The molecule has 0 radical (unpaired) electrons. The molecule has 0 heterocycles. The summed E-state index contributed by atoms with van der Waals surface area (Å²) in [7, 11) is 1.64. The predicted octanol–water partition coefficient (Wildman–Crippen LogP) is 3.56. The van der Waals surface area contributed by atoms with Crippen LogP contribution in [0.25, 0.3) is 0 Å². The number of hydrogen-bond donors (Lipinski definition) is 0. The summed E-state index contributed by atoms with van der Waals surface area (Å²) in [5, 5.41) is 0. The van der Waals surface area contributed by atoms with E-state index < -0.39 is 5.60 Å². The molecule has 0 aromatic heterocycles. The quantitative estimate of drug-likeness (QED) is 0.742. The first-order chi connectivity index (χ1) is 8.09. The van der Waals surface area contributed by atoms with Gasteiger partial charge in [0.05, 0.1) is 0 Å². The molecule has 1 fully saturated rings. The van der Waals surface area contributed by atoms with Crippen molar-refractivity contribution in [2.24, 2.45) is 0 Å². The molecule has 0 bridgehead atoms. The summed E-state index contributed by atoms with van der Waals surface area (Å²) in [5.74, 6) is 0.640. The molecule has 0 N–H and O–H groups in total. The molecule has 0 unspecified atom stereocenters. The van der Waals surface area contributed by atoms with Crippen LogP contribution in [0.15, 0.2) is 24.3 Å². The van der Waals surface area contributed by atoms with E-state index in [1.54, 1.807) is 7.11 Å². The highest BCUT2D eigenvalue weighted by atomic mass is 16.5. The lowest BCUT2D eigenvalue weighted by Gasteiger charge is -2.38. The van der Waals surface area contributed by atoms with Crippen LogP contribution in [0.5, 0.6) is 0 Å². The van der Waals surface area contributed by atoms with Gasteiger partial charge in [-0.3, -0.25) is 4.79 Å². The van der Waals surface area contributed by atoms with E-state index in [4.69, 9.17) is 4.74 Å². The monoisotopic (exact) mass is 232 g/mol. The minimum Gasteiger partial charge on any atom is -0.370 e. The molecule has 17 heavy (non-hydrogen) atoms.